The molecule has 32 heavy (non-hydrogen) atoms. The number of rotatable bonds is 9. The summed E-state index contributed by atoms with van der Waals surface area (Å²) in [5.41, 5.74) is 1.92. The van der Waals surface area contributed by atoms with Gasteiger partial charge in [0.2, 0.25) is 15.9 Å². The van der Waals surface area contributed by atoms with E-state index >= 15 is 0 Å². The Kier molecular flexibility index (Phi) is 8.25. The molecule has 1 aliphatic rings. The number of benzene rings is 2. The first kappa shape index (κ1) is 24.2. The van der Waals surface area contributed by atoms with Crippen LogP contribution in [0, 0.1) is 0 Å². The van der Waals surface area contributed by atoms with Crippen molar-refractivity contribution in [1.82, 2.24) is 9.62 Å². The molecule has 2 N–H and O–H groups in total. The second-order valence-corrected chi connectivity index (χ2v) is 9.52. The Balaban J connectivity index is 1.92. The number of carbonyl (C=O) groups excluding carboxylic acids is 1. The zero-order valence-electron chi connectivity index (χ0n) is 18.9. The van der Waals surface area contributed by atoms with Gasteiger partial charge in [0.05, 0.1) is 5.69 Å². The minimum absolute atomic E-state index is 0.105. The number of sulfonamides is 1. The average molecular weight is 461 g/mol. The third kappa shape index (κ3) is 6.07. The molecule has 1 heterocycles. The number of piperazine rings is 1. The van der Waals surface area contributed by atoms with Crippen molar-refractivity contribution in [2.24, 2.45) is 0 Å². The van der Waals surface area contributed by atoms with Gasteiger partial charge in [0.1, 0.15) is 11.5 Å². The summed E-state index contributed by atoms with van der Waals surface area (Å²) in [4.78, 5) is 16.6. The number of likely N-dealkylation sites (N-methyl/N-ethyl adjacent to an activating group) is 1. The normalized spacial score (nSPS) is 16.0. The summed E-state index contributed by atoms with van der Waals surface area (Å²) in [6, 6.07) is 14.0. The van der Waals surface area contributed by atoms with Gasteiger partial charge in [0.25, 0.3) is 0 Å². The summed E-state index contributed by atoms with van der Waals surface area (Å²) in [6.45, 7) is 8.02. The molecule has 0 radical (unpaired) electrons. The van der Waals surface area contributed by atoms with E-state index in [0.29, 0.717) is 11.4 Å². The number of amides is 1. The van der Waals surface area contributed by atoms with E-state index in [-0.39, 0.29) is 17.4 Å². The first-order valence-electron chi connectivity index (χ1n) is 10.8. The lowest BCUT2D eigenvalue weighted by Gasteiger charge is -2.36. The highest BCUT2D eigenvalue weighted by Gasteiger charge is 2.27. The molecule has 1 saturated heterocycles. The zero-order valence-corrected chi connectivity index (χ0v) is 19.7. The number of hydrogen-bond donors (Lipinski definition) is 2. The van der Waals surface area contributed by atoms with Crippen LogP contribution in [0.2, 0.25) is 0 Å². The van der Waals surface area contributed by atoms with Crippen molar-refractivity contribution in [1.29, 1.82) is 0 Å². The fourth-order valence-corrected chi connectivity index (χ4v) is 5.29. The number of ether oxygens (including phenoxy) is 1. The zero-order chi connectivity index (χ0) is 23.1. The van der Waals surface area contributed by atoms with Crippen molar-refractivity contribution >= 4 is 27.3 Å². The maximum Gasteiger partial charge on any atom is 0.250 e. The average Bonchev–Trinajstić information content (AvgIpc) is 2.79. The largest absolute Gasteiger partial charge is 0.375 e. The molecule has 2 aromatic carbocycles. The maximum atomic E-state index is 13.5. The van der Waals surface area contributed by atoms with Crippen LogP contribution in [0.1, 0.15) is 25.5 Å². The molecule has 1 atom stereocenters. The predicted octanol–water partition coefficient (Wildman–Crippen LogP) is 2.45. The van der Waals surface area contributed by atoms with Crippen molar-refractivity contribution < 1.29 is 17.9 Å². The molecule has 1 aliphatic heterocycles. The van der Waals surface area contributed by atoms with Gasteiger partial charge in [0, 0.05) is 45.0 Å². The number of carbonyl (C=O) groups is 1. The molecule has 1 amide bonds. The molecule has 9 heteroatoms. The Morgan fingerprint density at radius 1 is 1.09 bits per heavy atom. The van der Waals surface area contributed by atoms with E-state index in [1.165, 1.54) is 13.2 Å². The quantitative estimate of drug-likeness (QED) is 0.597. The van der Waals surface area contributed by atoms with Gasteiger partial charge in [0.15, 0.2) is 0 Å². The Morgan fingerprint density at radius 2 is 1.78 bits per heavy atom. The van der Waals surface area contributed by atoms with Gasteiger partial charge in [-0.15, -0.1) is 0 Å². The molecule has 0 bridgehead atoms. The summed E-state index contributed by atoms with van der Waals surface area (Å²) in [6.07, 6.45) is 0. The van der Waals surface area contributed by atoms with Crippen LogP contribution in [-0.4, -0.2) is 65.7 Å². The lowest BCUT2D eigenvalue weighted by Crippen LogP contribution is -2.46. The predicted molar refractivity (Wildman–Crippen MR) is 126 cm³/mol. The molecule has 8 nitrogen and oxygen atoms in total. The Labute approximate surface area is 190 Å². The van der Waals surface area contributed by atoms with E-state index in [1.807, 2.05) is 37.3 Å². The van der Waals surface area contributed by atoms with Gasteiger partial charge in [-0.1, -0.05) is 37.3 Å². The SMILES string of the molecule is CCN1CCN(c2ccc(NC(=O)COC)cc2S(=O)(=O)N[C@H](C)c2ccccc2)CC1. The number of nitrogens with one attached hydrogen (secondary N) is 2. The van der Waals surface area contributed by atoms with Crippen molar-refractivity contribution in [2.75, 3.05) is 56.7 Å². The highest BCUT2D eigenvalue weighted by Crippen LogP contribution is 2.30. The van der Waals surface area contributed by atoms with Crippen molar-refractivity contribution in [3.05, 3.63) is 54.1 Å². The molecule has 174 valence electrons. The van der Waals surface area contributed by atoms with Gasteiger partial charge >= 0.3 is 0 Å². The summed E-state index contributed by atoms with van der Waals surface area (Å²) in [5.74, 6) is -0.342. The third-order valence-electron chi connectivity index (χ3n) is 5.60. The first-order valence-corrected chi connectivity index (χ1v) is 12.3. The molecule has 2 aromatic rings. The summed E-state index contributed by atoms with van der Waals surface area (Å²) in [7, 11) is -2.43. The lowest BCUT2D eigenvalue weighted by atomic mass is 10.1. The standard InChI is InChI=1S/C23H32N4O4S/c1-4-26-12-14-27(15-13-26)21-11-10-20(24-23(28)17-31-3)16-22(21)32(29,30)25-18(2)19-8-6-5-7-9-19/h5-11,16,18,25H,4,12-15,17H2,1-3H3,(H,24,28)/t18-/m1/s1. The van der Waals surface area contributed by atoms with Crippen LogP contribution in [0.3, 0.4) is 0 Å². The van der Waals surface area contributed by atoms with E-state index in [4.69, 9.17) is 4.74 Å². The van der Waals surface area contributed by atoms with Crippen LogP contribution in [0.5, 0.6) is 0 Å². The van der Waals surface area contributed by atoms with E-state index < -0.39 is 16.1 Å². The second kappa shape index (κ2) is 10.9. The lowest BCUT2D eigenvalue weighted by molar-refractivity contribution is -0.119. The number of hydrogen-bond acceptors (Lipinski definition) is 6. The van der Waals surface area contributed by atoms with Gasteiger partial charge < -0.3 is 19.9 Å². The van der Waals surface area contributed by atoms with Gasteiger partial charge in [-0.2, -0.15) is 0 Å². The van der Waals surface area contributed by atoms with Crippen LogP contribution in [0.25, 0.3) is 0 Å². The van der Waals surface area contributed by atoms with Crippen LogP contribution >= 0.6 is 0 Å². The molecular formula is C23H32N4O4S. The molecule has 1 fully saturated rings. The first-order chi connectivity index (χ1) is 15.3. The number of anilines is 2. The van der Waals surface area contributed by atoms with Crippen LogP contribution < -0.4 is 14.9 Å². The summed E-state index contributed by atoms with van der Waals surface area (Å²) < 4.78 is 34.6. The van der Waals surface area contributed by atoms with E-state index in [0.717, 1.165) is 38.3 Å². The fourth-order valence-electron chi connectivity index (χ4n) is 3.81. The summed E-state index contributed by atoms with van der Waals surface area (Å²) in [5, 5.41) is 2.70. The molecular weight excluding hydrogens is 428 g/mol. The van der Waals surface area contributed by atoms with E-state index in [9.17, 15) is 13.2 Å². The minimum Gasteiger partial charge on any atom is -0.375 e. The smallest absolute Gasteiger partial charge is 0.250 e. The Morgan fingerprint density at radius 3 is 2.41 bits per heavy atom. The van der Waals surface area contributed by atoms with Gasteiger partial charge in [-0.3, -0.25) is 4.79 Å². The van der Waals surface area contributed by atoms with Gasteiger partial charge in [-0.25, -0.2) is 13.1 Å². The van der Waals surface area contributed by atoms with Crippen molar-refractivity contribution in [3.8, 4) is 0 Å². The van der Waals surface area contributed by atoms with Crippen LogP contribution in [-0.2, 0) is 19.6 Å². The summed E-state index contributed by atoms with van der Waals surface area (Å²) >= 11 is 0. The highest BCUT2D eigenvalue weighted by atomic mass is 32.2. The number of nitrogens with zero attached hydrogens (tertiary/aromatic N) is 2. The van der Waals surface area contributed by atoms with Crippen LogP contribution in [0.15, 0.2) is 53.4 Å². The molecule has 0 unspecified atom stereocenters. The molecule has 0 aliphatic carbocycles. The minimum atomic E-state index is -3.87. The second-order valence-electron chi connectivity index (χ2n) is 7.84. The Bertz CT molecular complexity index is 1010. The third-order valence-corrected chi connectivity index (χ3v) is 7.17. The maximum absolute atomic E-state index is 13.5. The van der Waals surface area contributed by atoms with Crippen LogP contribution in [0.4, 0.5) is 11.4 Å². The highest BCUT2D eigenvalue weighted by molar-refractivity contribution is 7.89. The topological polar surface area (TPSA) is 91.0 Å². The van der Waals surface area contributed by atoms with E-state index in [1.54, 1.807) is 12.1 Å². The number of methoxy groups -OCH3 is 1. The molecule has 0 spiro atoms. The van der Waals surface area contributed by atoms with Crippen molar-refractivity contribution in [2.45, 2.75) is 24.8 Å². The van der Waals surface area contributed by atoms with E-state index in [2.05, 4.69) is 26.8 Å². The monoisotopic (exact) mass is 460 g/mol. The molecule has 0 aromatic heterocycles. The van der Waals surface area contributed by atoms with Gasteiger partial charge in [-0.05, 0) is 37.2 Å². The molecule has 3 rings (SSSR count). The van der Waals surface area contributed by atoms with Crippen molar-refractivity contribution in [3.63, 3.8) is 0 Å². The molecule has 0 saturated carbocycles. The Hall–Kier alpha value is -2.46. The fraction of sp³-hybridized carbons (Fsp3) is 0.435.